The minimum absolute atomic E-state index is 0.134. The molecule has 2 aromatic carbocycles. The van der Waals surface area contributed by atoms with Crippen LogP contribution in [-0.2, 0) is 21.5 Å². The Morgan fingerprint density at radius 3 is 2.88 bits per heavy atom. The third kappa shape index (κ3) is 3.94. The summed E-state index contributed by atoms with van der Waals surface area (Å²) < 4.78 is 18.2. The Kier molecular flexibility index (Phi) is 5.51. The highest BCUT2D eigenvalue weighted by Crippen LogP contribution is 2.56. The standard InChI is InChI=1S/C27H30NO5/c1-28(18-32-24(30)11-8-19-6-4-3-5-7-19)15-14-27-13-12-21(29)16-23(27)33-26-22(31-2)10-9-20(17-28)25(26)27/h3-13,21,23,29H,14-18H2,1-2H3/q+1. The number of nitrogens with zero attached hydrogens (tertiary/aromatic N) is 1. The monoisotopic (exact) mass is 448 g/mol. The molecule has 3 aliphatic rings. The smallest absolute Gasteiger partial charge is 0.335 e. The van der Waals surface area contributed by atoms with E-state index in [-0.39, 0.29) is 24.2 Å². The van der Waals surface area contributed by atoms with Crippen LogP contribution < -0.4 is 9.47 Å². The van der Waals surface area contributed by atoms with Gasteiger partial charge in [0, 0.05) is 30.0 Å². The van der Waals surface area contributed by atoms with Crippen molar-refractivity contribution in [3.63, 3.8) is 0 Å². The molecule has 1 aliphatic carbocycles. The maximum Gasteiger partial charge on any atom is 0.335 e. The molecule has 0 saturated heterocycles. The first kappa shape index (κ1) is 21.7. The van der Waals surface area contributed by atoms with Gasteiger partial charge in [0.1, 0.15) is 12.6 Å². The number of carbonyl (C=O) groups excluding carboxylic acids is 1. The van der Waals surface area contributed by atoms with Crippen molar-refractivity contribution in [2.45, 2.75) is 37.0 Å². The van der Waals surface area contributed by atoms with Crippen LogP contribution in [0.15, 0.2) is 60.7 Å². The molecule has 2 aromatic rings. The molecule has 4 unspecified atom stereocenters. The van der Waals surface area contributed by atoms with Gasteiger partial charge in [0.05, 0.1) is 32.2 Å². The molecule has 0 bridgehead atoms. The predicted octanol–water partition coefficient (Wildman–Crippen LogP) is 3.58. The molecule has 0 saturated carbocycles. The van der Waals surface area contributed by atoms with Crippen molar-refractivity contribution in [1.29, 1.82) is 0 Å². The number of benzene rings is 2. The Balaban J connectivity index is 1.39. The summed E-state index contributed by atoms with van der Waals surface area (Å²) in [7, 11) is 3.78. The summed E-state index contributed by atoms with van der Waals surface area (Å²) in [5, 5.41) is 10.2. The van der Waals surface area contributed by atoms with Gasteiger partial charge in [-0.15, -0.1) is 0 Å². The molecular weight excluding hydrogens is 418 g/mol. The quantitative estimate of drug-likeness (QED) is 0.328. The highest BCUT2D eigenvalue weighted by atomic mass is 16.5. The lowest BCUT2D eigenvalue weighted by molar-refractivity contribution is -0.938. The van der Waals surface area contributed by atoms with Gasteiger partial charge in [-0.2, -0.15) is 0 Å². The van der Waals surface area contributed by atoms with Gasteiger partial charge < -0.3 is 19.3 Å². The first-order chi connectivity index (χ1) is 15.9. The van der Waals surface area contributed by atoms with Gasteiger partial charge in [-0.1, -0.05) is 42.5 Å². The number of aliphatic hydroxyl groups is 1. The fourth-order valence-electron chi connectivity index (χ4n) is 5.38. The summed E-state index contributed by atoms with van der Waals surface area (Å²) in [5.74, 6) is 1.16. The van der Waals surface area contributed by atoms with Gasteiger partial charge in [0.15, 0.2) is 11.5 Å². The predicted molar refractivity (Wildman–Crippen MR) is 125 cm³/mol. The number of quaternary nitrogens is 1. The maximum atomic E-state index is 12.4. The third-order valence-electron chi connectivity index (χ3n) is 7.15. The molecule has 0 fully saturated rings. The molecule has 172 valence electrons. The number of ether oxygens (including phenoxy) is 3. The summed E-state index contributed by atoms with van der Waals surface area (Å²) >= 11 is 0. The molecule has 6 nitrogen and oxygen atoms in total. The van der Waals surface area contributed by atoms with Crippen molar-refractivity contribution in [2.24, 2.45) is 0 Å². The molecule has 6 heteroatoms. The van der Waals surface area contributed by atoms with Gasteiger partial charge >= 0.3 is 5.97 Å². The first-order valence-electron chi connectivity index (χ1n) is 11.4. The fraction of sp³-hybridized carbons (Fsp3) is 0.370. The van der Waals surface area contributed by atoms with E-state index in [1.165, 1.54) is 11.6 Å². The molecule has 1 N–H and O–H groups in total. The Bertz CT molecular complexity index is 1110. The number of aliphatic hydroxyl groups excluding tert-OH is 1. The number of carbonyl (C=O) groups is 1. The highest BCUT2D eigenvalue weighted by molar-refractivity contribution is 5.86. The molecule has 0 amide bonds. The van der Waals surface area contributed by atoms with E-state index in [4.69, 9.17) is 14.2 Å². The fourth-order valence-corrected chi connectivity index (χ4v) is 5.38. The number of hydrogen-bond acceptors (Lipinski definition) is 5. The van der Waals surface area contributed by atoms with Crippen LogP contribution in [0.4, 0.5) is 0 Å². The van der Waals surface area contributed by atoms with Gasteiger partial charge in [-0.05, 0) is 23.8 Å². The normalized spacial score (nSPS) is 29.7. The summed E-state index contributed by atoms with van der Waals surface area (Å²) in [6.07, 6.45) is 8.02. The van der Waals surface area contributed by atoms with Crippen LogP contribution in [0.25, 0.3) is 6.08 Å². The highest BCUT2D eigenvalue weighted by Gasteiger charge is 2.54. The van der Waals surface area contributed by atoms with Gasteiger partial charge in [0.2, 0.25) is 6.73 Å². The number of hydrogen-bond donors (Lipinski definition) is 1. The van der Waals surface area contributed by atoms with Crippen molar-refractivity contribution < 1.29 is 28.6 Å². The van der Waals surface area contributed by atoms with E-state index in [9.17, 15) is 9.90 Å². The molecule has 33 heavy (non-hydrogen) atoms. The van der Waals surface area contributed by atoms with Crippen LogP contribution in [0.2, 0.25) is 0 Å². The molecule has 5 rings (SSSR count). The molecule has 2 heterocycles. The zero-order valence-corrected chi connectivity index (χ0v) is 19.1. The topological polar surface area (TPSA) is 65.0 Å². The minimum atomic E-state index is -0.508. The van der Waals surface area contributed by atoms with Crippen molar-refractivity contribution >= 4 is 12.0 Å². The minimum Gasteiger partial charge on any atom is -0.493 e. The van der Waals surface area contributed by atoms with Crippen LogP contribution in [0.3, 0.4) is 0 Å². The lowest BCUT2D eigenvalue weighted by Gasteiger charge is -2.37. The summed E-state index contributed by atoms with van der Waals surface area (Å²) in [4.78, 5) is 12.4. The van der Waals surface area contributed by atoms with Crippen molar-refractivity contribution in [3.8, 4) is 11.5 Å². The number of methoxy groups -OCH3 is 1. The van der Waals surface area contributed by atoms with Crippen molar-refractivity contribution in [2.75, 3.05) is 27.4 Å². The number of rotatable bonds is 5. The van der Waals surface area contributed by atoms with Crippen LogP contribution >= 0.6 is 0 Å². The second-order valence-electron chi connectivity index (χ2n) is 9.53. The van der Waals surface area contributed by atoms with Crippen LogP contribution in [0, 0.1) is 0 Å². The second-order valence-corrected chi connectivity index (χ2v) is 9.53. The Labute approximate surface area is 194 Å². The van der Waals surface area contributed by atoms with E-state index in [1.807, 2.05) is 42.5 Å². The van der Waals surface area contributed by atoms with Gasteiger partial charge in [-0.25, -0.2) is 4.79 Å². The second kappa shape index (κ2) is 8.36. The summed E-state index contributed by atoms with van der Waals surface area (Å²) in [6, 6.07) is 13.8. The molecule has 4 atom stereocenters. The first-order valence-corrected chi connectivity index (χ1v) is 11.4. The summed E-state index contributed by atoms with van der Waals surface area (Å²) in [5.41, 5.74) is 2.99. The maximum absolute atomic E-state index is 12.4. The van der Waals surface area contributed by atoms with E-state index in [0.29, 0.717) is 10.9 Å². The van der Waals surface area contributed by atoms with E-state index in [1.54, 1.807) is 13.2 Å². The summed E-state index contributed by atoms with van der Waals surface area (Å²) in [6.45, 7) is 1.81. The van der Waals surface area contributed by atoms with E-state index in [2.05, 4.69) is 19.2 Å². The zero-order chi connectivity index (χ0) is 23.1. The molecular formula is C27H30NO5+. The van der Waals surface area contributed by atoms with Gasteiger partial charge in [0.25, 0.3) is 0 Å². The average molecular weight is 449 g/mol. The van der Waals surface area contributed by atoms with Crippen LogP contribution in [0.1, 0.15) is 29.5 Å². The van der Waals surface area contributed by atoms with Crippen molar-refractivity contribution in [3.05, 3.63) is 77.4 Å². The van der Waals surface area contributed by atoms with E-state index < -0.39 is 6.10 Å². The Hall–Kier alpha value is -3.09. The molecule has 0 radical (unpaired) electrons. The van der Waals surface area contributed by atoms with E-state index in [0.717, 1.165) is 42.1 Å². The van der Waals surface area contributed by atoms with Gasteiger partial charge in [-0.3, -0.25) is 4.48 Å². The average Bonchev–Trinajstić information content (AvgIpc) is 3.09. The zero-order valence-electron chi connectivity index (χ0n) is 19.1. The third-order valence-corrected chi connectivity index (χ3v) is 7.15. The number of esters is 1. The lowest BCUT2D eigenvalue weighted by atomic mass is 9.69. The molecule has 0 aromatic heterocycles. The van der Waals surface area contributed by atoms with Crippen LogP contribution in [-0.4, -0.2) is 55.2 Å². The Morgan fingerprint density at radius 1 is 1.27 bits per heavy atom. The lowest BCUT2D eigenvalue weighted by Crippen LogP contribution is -2.48. The Morgan fingerprint density at radius 2 is 2.09 bits per heavy atom. The SMILES string of the molecule is COc1ccc2c3c1OC1CC(O)C=CC31CC[N+](C)(COC(=O)C=Cc1ccccc1)C2. The largest absolute Gasteiger partial charge is 0.493 e. The molecule has 2 aliphatic heterocycles. The van der Waals surface area contributed by atoms with E-state index >= 15 is 0 Å². The van der Waals surface area contributed by atoms with Crippen LogP contribution in [0.5, 0.6) is 11.5 Å². The van der Waals surface area contributed by atoms with Crippen molar-refractivity contribution in [1.82, 2.24) is 0 Å². The molecule has 1 spiro atoms.